The van der Waals surface area contributed by atoms with E-state index in [4.69, 9.17) is 0 Å². The van der Waals surface area contributed by atoms with E-state index < -0.39 is 0 Å². The zero-order valence-electron chi connectivity index (χ0n) is 11.0. The molecule has 0 spiro atoms. The van der Waals surface area contributed by atoms with Crippen LogP contribution in [0.15, 0.2) is 6.07 Å². The van der Waals surface area contributed by atoms with Crippen LogP contribution in [0.2, 0.25) is 0 Å². The van der Waals surface area contributed by atoms with Gasteiger partial charge in [0.2, 0.25) is 0 Å². The molecule has 0 unspecified atom stereocenters. The lowest BCUT2D eigenvalue weighted by atomic mass is 10.2. The van der Waals surface area contributed by atoms with Gasteiger partial charge in [-0.05, 0) is 13.0 Å². The van der Waals surface area contributed by atoms with Gasteiger partial charge in [0.05, 0.1) is 5.69 Å². The Morgan fingerprint density at radius 3 is 2.65 bits per heavy atom. The van der Waals surface area contributed by atoms with Gasteiger partial charge in [-0.3, -0.25) is 4.90 Å². The second kappa shape index (κ2) is 5.56. The van der Waals surface area contributed by atoms with E-state index in [2.05, 4.69) is 47.0 Å². The minimum Gasteiger partial charge on any atom is -0.314 e. The summed E-state index contributed by atoms with van der Waals surface area (Å²) in [6, 6.07) is 2.11. The molecule has 0 saturated carbocycles. The highest BCUT2D eigenvalue weighted by molar-refractivity contribution is 5.11. The van der Waals surface area contributed by atoms with Gasteiger partial charge in [0.25, 0.3) is 0 Å². The summed E-state index contributed by atoms with van der Waals surface area (Å²) >= 11 is 0. The Bertz CT molecular complexity index is 370. The van der Waals surface area contributed by atoms with Crippen molar-refractivity contribution in [2.75, 3.05) is 26.2 Å². The van der Waals surface area contributed by atoms with Crippen LogP contribution in [0, 0.1) is 6.92 Å². The second-order valence-corrected chi connectivity index (χ2v) is 5.04. The molecule has 0 atom stereocenters. The van der Waals surface area contributed by atoms with E-state index in [0.717, 1.165) is 49.9 Å². The van der Waals surface area contributed by atoms with E-state index in [9.17, 15) is 0 Å². The minimum atomic E-state index is 0.400. The normalized spacial score (nSPS) is 17.6. The Kier molecular flexibility index (Phi) is 4.07. The lowest BCUT2D eigenvalue weighted by Gasteiger charge is -2.27. The largest absolute Gasteiger partial charge is 0.314 e. The van der Waals surface area contributed by atoms with Crippen LogP contribution in [-0.4, -0.2) is 41.0 Å². The van der Waals surface area contributed by atoms with Gasteiger partial charge in [0, 0.05) is 44.3 Å². The molecule has 0 amide bonds. The number of rotatable bonds is 3. The maximum Gasteiger partial charge on any atom is 0.131 e. The SMILES string of the molecule is Cc1cc(CN2CCNCC2)nc(C(C)C)n1. The molecule has 1 fully saturated rings. The van der Waals surface area contributed by atoms with E-state index >= 15 is 0 Å². The van der Waals surface area contributed by atoms with Crippen molar-refractivity contribution in [1.82, 2.24) is 20.2 Å². The summed E-state index contributed by atoms with van der Waals surface area (Å²) in [5.74, 6) is 1.37. The van der Waals surface area contributed by atoms with E-state index in [1.165, 1.54) is 0 Å². The molecule has 0 aliphatic carbocycles. The number of hydrogen-bond acceptors (Lipinski definition) is 4. The average Bonchev–Trinajstić information content (AvgIpc) is 2.29. The monoisotopic (exact) mass is 234 g/mol. The molecule has 1 aliphatic heterocycles. The summed E-state index contributed by atoms with van der Waals surface area (Å²) < 4.78 is 0. The molecule has 0 radical (unpaired) electrons. The topological polar surface area (TPSA) is 41.0 Å². The van der Waals surface area contributed by atoms with Crippen LogP contribution in [0.3, 0.4) is 0 Å². The molecule has 0 bridgehead atoms. The van der Waals surface area contributed by atoms with Crippen LogP contribution >= 0.6 is 0 Å². The van der Waals surface area contributed by atoms with Crippen LogP contribution in [-0.2, 0) is 6.54 Å². The Morgan fingerprint density at radius 2 is 2.00 bits per heavy atom. The summed E-state index contributed by atoms with van der Waals surface area (Å²) in [6.45, 7) is 11.7. The van der Waals surface area contributed by atoms with E-state index in [-0.39, 0.29) is 0 Å². The lowest BCUT2D eigenvalue weighted by molar-refractivity contribution is 0.230. The number of nitrogens with zero attached hydrogens (tertiary/aromatic N) is 3. The van der Waals surface area contributed by atoms with Crippen molar-refractivity contribution in [3.05, 3.63) is 23.3 Å². The Hall–Kier alpha value is -1.00. The van der Waals surface area contributed by atoms with Crippen molar-refractivity contribution in [1.29, 1.82) is 0 Å². The number of nitrogens with one attached hydrogen (secondary N) is 1. The van der Waals surface area contributed by atoms with Gasteiger partial charge in [-0.1, -0.05) is 13.8 Å². The predicted octanol–water partition coefficient (Wildman–Crippen LogP) is 1.31. The number of hydrogen-bond donors (Lipinski definition) is 1. The first kappa shape index (κ1) is 12.5. The summed E-state index contributed by atoms with van der Waals surface area (Å²) in [6.07, 6.45) is 0. The molecular weight excluding hydrogens is 212 g/mol. The van der Waals surface area contributed by atoms with E-state index in [0.29, 0.717) is 5.92 Å². The second-order valence-electron chi connectivity index (χ2n) is 5.04. The molecule has 4 heteroatoms. The third-order valence-electron chi connectivity index (χ3n) is 3.04. The molecule has 94 valence electrons. The summed E-state index contributed by atoms with van der Waals surface area (Å²) in [5, 5.41) is 3.37. The van der Waals surface area contributed by atoms with Crippen molar-refractivity contribution in [3.63, 3.8) is 0 Å². The fraction of sp³-hybridized carbons (Fsp3) is 0.692. The molecule has 1 aliphatic rings. The fourth-order valence-electron chi connectivity index (χ4n) is 2.10. The van der Waals surface area contributed by atoms with Crippen molar-refractivity contribution in [2.24, 2.45) is 0 Å². The van der Waals surface area contributed by atoms with Crippen molar-refractivity contribution >= 4 is 0 Å². The Morgan fingerprint density at radius 1 is 1.29 bits per heavy atom. The molecular formula is C13H22N4. The number of aromatic nitrogens is 2. The Balaban J connectivity index is 2.09. The van der Waals surface area contributed by atoms with Crippen LogP contribution < -0.4 is 5.32 Å². The maximum atomic E-state index is 4.65. The Labute approximate surface area is 103 Å². The first-order chi connectivity index (χ1) is 8.15. The van der Waals surface area contributed by atoms with Gasteiger partial charge in [0.1, 0.15) is 5.82 Å². The lowest BCUT2D eigenvalue weighted by Crippen LogP contribution is -2.43. The van der Waals surface area contributed by atoms with Gasteiger partial charge < -0.3 is 5.32 Å². The van der Waals surface area contributed by atoms with Crippen molar-refractivity contribution in [3.8, 4) is 0 Å². The van der Waals surface area contributed by atoms with Gasteiger partial charge in [-0.25, -0.2) is 9.97 Å². The molecule has 1 aromatic heterocycles. The van der Waals surface area contributed by atoms with Crippen LogP contribution in [0.1, 0.15) is 37.0 Å². The standard InChI is InChI=1S/C13H22N4/c1-10(2)13-15-11(3)8-12(16-13)9-17-6-4-14-5-7-17/h8,10,14H,4-7,9H2,1-3H3. The molecule has 2 rings (SSSR count). The molecule has 1 saturated heterocycles. The van der Waals surface area contributed by atoms with Gasteiger partial charge in [-0.15, -0.1) is 0 Å². The smallest absolute Gasteiger partial charge is 0.131 e. The predicted molar refractivity (Wildman–Crippen MR) is 69.0 cm³/mol. The first-order valence-corrected chi connectivity index (χ1v) is 6.42. The average molecular weight is 234 g/mol. The highest BCUT2D eigenvalue weighted by Crippen LogP contribution is 2.12. The van der Waals surface area contributed by atoms with Crippen LogP contribution in [0.5, 0.6) is 0 Å². The zero-order valence-corrected chi connectivity index (χ0v) is 11.0. The molecule has 1 aromatic rings. The molecule has 0 aromatic carbocycles. The highest BCUT2D eigenvalue weighted by Gasteiger charge is 2.12. The minimum absolute atomic E-state index is 0.400. The van der Waals surface area contributed by atoms with Gasteiger partial charge in [0.15, 0.2) is 0 Å². The fourth-order valence-corrected chi connectivity index (χ4v) is 2.10. The molecule has 1 N–H and O–H groups in total. The van der Waals surface area contributed by atoms with Crippen molar-refractivity contribution in [2.45, 2.75) is 33.2 Å². The summed E-state index contributed by atoms with van der Waals surface area (Å²) in [4.78, 5) is 11.6. The first-order valence-electron chi connectivity index (χ1n) is 6.42. The molecule has 4 nitrogen and oxygen atoms in total. The zero-order chi connectivity index (χ0) is 12.3. The summed E-state index contributed by atoms with van der Waals surface area (Å²) in [7, 11) is 0. The van der Waals surface area contributed by atoms with Crippen LogP contribution in [0.25, 0.3) is 0 Å². The van der Waals surface area contributed by atoms with Crippen LogP contribution in [0.4, 0.5) is 0 Å². The third kappa shape index (κ3) is 3.48. The number of piperazine rings is 1. The summed E-state index contributed by atoms with van der Waals surface area (Å²) in [5.41, 5.74) is 2.23. The van der Waals surface area contributed by atoms with E-state index in [1.807, 2.05) is 0 Å². The third-order valence-corrected chi connectivity index (χ3v) is 3.04. The van der Waals surface area contributed by atoms with E-state index in [1.54, 1.807) is 0 Å². The van der Waals surface area contributed by atoms with Crippen molar-refractivity contribution < 1.29 is 0 Å². The number of aryl methyl sites for hydroxylation is 1. The van der Waals surface area contributed by atoms with Gasteiger partial charge >= 0.3 is 0 Å². The highest BCUT2D eigenvalue weighted by atomic mass is 15.2. The maximum absolute atomic E-state index is 4.65. The molecule has 2 heterocycles. The molecule has 17 heavy (non-hydrogen) atoms. The van der Waals surface area contributed by atoms with Gasteiger partial charge in [-0.2, -0.15) is 0 Å². The quantitative estimate of drug-likeness (QED) is 0.856.